The Balaban J connectivity index is 1.05. The van der Waals surface area contributed by atoms with Gasteiger partial charge >= 0.3 is 0 Å². The molecule has 0 bridgehead atoms. The van der Waals surface area contributed by atoms with E-state index in [4.69, 9.17) is 0 Å². The van der Waals surface area contributed by atoms with Gasteiger partial charge in [-0.2, -0.15) is 0 Å². The highest BCUT2D eigenvalue weighted by Crippen LogP contribution is 2.51. The van der Waals surface area contributed by atoms with Crippen LogP contribution in [0.4, 0.5) is 17.1 Å². The standard InChI is InChI=1S/C84H82N2/c1-80(2,3)60-37-44-75-71(50-60)72-51-61(81(4,5)6)38-45-76(72)86(75)74-43-35-57-32-39-69-73(42-34-56-33-40-70(74)79(57)78(56)69)85(77-52-62(82(7,8)9)36-41-68(77)67-27-20-19-26-66(67)55-22-17-16-18-23-55)65-25-21-24-58(48-65)53-28-30-54(31-29-53)59-46-63(83(10,11)12)49-64(47-59)84(13,14)15/h16-52H,1-15H3. The average molecular weight is 1120 g/mol. The van der Waals surface area contributed by atoms with E-state index in [1.165, 1.54) is 127 Å². The van der Waals surface area contributed by atoms with Crippen molar-refractivity contribution in [2.45, 2.75) is 131 Å². The fraction of sp³-hybridized carbons (Fsp3) is 0.238. The zero-order valence-electron chi connectivity index (χ0n) is 53.3. The van der Waals surface area contributed by atoms with Crippen LogP contribution in [0, 0.1) is 0 Å². The van der Waals surface area contributed by atoms with Gasteiger partial charge in [-0.05, 0) is 170 Å². The lowest BCUT2D eigenvalue weighted by molar-refractivity contribution is 0.569. The second-order valence-corrected chi connectivity index (χ2v) is 29.5. The molecule has 0 radical (unpaired) electrons. The van der Waals surface area contributed by atoms with Gasteiger partial charge in [-0.15, -0.1) is 0 Å². The van der Waals surface area contributed by atoms with Gasteiger partial charge in [-0.25, -0.2) is 0 Å². The highest BCUT2D eigenvalue weighted by Gasteiger charge is 2.28. The summed E-state index contributed by atoms with van der Waals surface area (Å²) in [6.07, 6.45) is 0. The summed E-state index contributed by atoms with van der Waals surface area (Å²) in [6.45, 7) is 34.8. The summed E-state index contributed by atoms with van der Waals surface area (Å²) < 4.78 is 2.54. The number of hydrogen-bond acceptors (Lipinski definition) is 1. The summed E-state index contributed by atoms with van der Waals surface area (Å²) >= 11 is 0. The smallest absolute Gasteiger partial charge is 0.0543 e. The number of benzene rings is 12. The van der Waals surface area contributed by atoms with Gasteiger partial charge in [-0.3, -0.25) is 0 Å². The van der Waals surface area contributed by atoms with Crippen LogP contribution in [-0.4, -0.2) is 4.57 Å². The monoisotopic (exact) mass is 1120 g/mol. The molecule has 0 amide bonds. The fourth-order valence-corrected chi connectivity index (χ4v) is 13.1. The molecule has 428 valence electrons. The number of anilines is 3. The minimum Gasteiger partial charge on any atom is -0.309 e. The molecular formula is C84H82N2. The van der Waals surface area contributed by atoms with Crippen LogP contribution >= 0.6 is 0 Å². The van der Waals surface area contributed by atoms with E-state index < -0.39 is 0 Å². The first-order valence-electron chi connectivity index (χ1n) is 31.1. The lowest BCUT2D eigenvalue weighted by Gasteiger charge is -2.32. The van der Waals surface area contributed by atoms with Crippen molar-refractivity contribution in [2.75, 3.05) is 4.90 Å². The molecule has 0 aliphatic carbocycles. The third kappa shape index (κ3) is 10.1. The van der Waals surface area contributed by atoms with Gasteiger partial charge in [-0.1, -0.05) is 274 Å². The van der Waals surface area contributed by atoms with E-state index in [1.807, 2.05) is 0 Å². The van der Waals surface area contributed by atoms with E-state index in [9.17, 15) is 0 Å². The fourth-order valence-electron chi connectivity index (χ4n) is 13.1. The van der Waals surface area contributed by atoms with Crippen molar-refractivity contribution >= 4 is 71.2 Å². The largest absolute Gasteiger partial charge is 0.309 e. The normalized spacial score (nSPS) is 12.8. The number of nitrogens with zero attached hydrogens (tertiary/aromatic N) is 2. The van der Waals surface area contributed by atoms with Crippen molar-refractivity contribution in [1.29, 1.82) is 0 Å². The summed E-state index contributed by atoms with van der Waals surface area (Å²) in [7, 11) is 0. The molecule has 13 rings (SSSR count). The van der Waals surface area contributed by atoms with Crippen molar-refractivity contribution in [1.82, 2.24) is 4.57 Å². The lowest BCUT2D eigenvalue weighted by Crippen LogP contribution is -2.16. The molecule has 0 N–H and O–H groups in total. The minimum atomic E-state index is -0.129. The van der Waals surface area contributed by atoms with Crippen LogP contribution in [0.15, 0.2) is 224 Å². The summed E-state index contributed by atoms with van der Waals surface area (Å²) in [5, 5.41) is 10.0. The molecule has 0 unspecified atom stereocenters. The van der Waals surface area contributed by atoms with E-state index in [1.54, 1.807) is 0 Å². The number of hydrogen-bond donors (Lipinski definition) is 0. The van der Waals surface area contributed by atoms with Crippen LogP contribution in [0.5, 0.6) is 0 Å². The molecule has 0 spiro atoms. The van der Waals surface area contributed by atoms with Gasteiger partial charge in [0.05, 0.1) is 28.1 Å². The maximum Gasteiger partial charge on any atom is 0.0543 e. The zero-order valence-corrected chi connectivity index (χ0v) is 53.3. The highest BCUT2D eigenvalue weighted by molar-refractivity contribution is 6.28. The van der Waals surface area contributed by atoms with Crippen LogP contribution in [0.25, 0.3) is 104 Å². The van der Waals surface area contributed by atoms with Crippen LogP contribution in [0.3, 0.4) is 0 Å². The lowest BCUT2D eigenvalue weighted by atomic mass is 9.79. The zero-order chi connectivity index (χ0) is 60.4. The van der Waals surface area contributed by atoms with Crippen molar-refractivity contribution in [3.05, 3.63) is 252 Å². The summed E-state index contributed by atoms with van der Waals surface area (Å²) in [6, 6.07) is 86.1. The molecule has 0 aliphatic rings. The molecule has 0 atom stereocenters. The van der Waals surface area contributed by atoms with Crippen LogP contribution in [0.1, 0.15) is 132 Å². The Hall–Kier alpha value is -8.72. The average Bonchev–Trinajstić information content (AvgIpc) is 1.33. The minimum absolute atomic E-state index is 0.00636. The molecule has 86 heavy (non-hydrogen) atoms. The SMILES string of the molecule is CC(C)(C)c1cc(-c2ccc(-c3cccc(N(c4cc(C(C)(C)C)ccc4-c4ccccc4-c4ccccc4)c4ccc5ccc6c(-n7c8ccc(C(C)(C)C)cc8c8cc(C(C)(C)C)ccc87)ccc7ccc4c5c76)c3)cc2)cc(C(C)(C)C)c1. The molecule has 2 heteroatoms. The van der Waals surface area contributed by atoms with Crippen LogP contribution in [-0.2, 0) is 27.1 Å². The number of fused-ring (bicyclic) bond motifs is 3. The summed E-state index contributed by atoms with van der Waals surface area (Å²) in [5.74, 6) is 0. The van der Waals surface area contributed by atoms with Crippen molar-refractivity contribution < 1.29 is 0 Å². The van der Waals surface area contributed by atoms with Gasteiger partial charge in [0.2, 0.25) is 0 Å². The maximum atomic E-state index is 2.58. The maximum absolute atomic E-state index is 2.58. The third-order valence-electron chi connectivity index (χ3n) is 18.3. The predicted octanol–water partition coefficient (Wildman–Crippen LogP) is 24.3. The Bertz CT molecular complexity index is 4640. The molecule has 0 saturated heterocycles. The van der Waals surface area contributed by atoms with Gasteiger partial charge in [0.15, 0.2) is 0 Å². The molecule has 13 aromatic rings. The van der Waals surface area contributed by atoms with E-state index in [-0.39, 0.29) is 27.1 Å². The van der Waals surface area contributed by atoms with Crippen LogP contribution < -0.4 is 4.90 Å². The van der Waals surface area contributed by atoms with Gasteiger partial charge < -0.3 is 9.47 Å². The van der Waals surface area contributed by atoms with Crippen molar-refractivity contribution in [3.63, 3.8) is 0 Å². The topological polar surface area (TPSA) is 8.17 Å². The van der Waals surface area contributed by atoms with Gasteiger partial charge in [0, 0.05) is 32.8 Å². The predicted molar refractivity (Wildman–Crippen MR) is 374 cm³/mol. The first-order valence-corrected chi connectivity index (χ1v) is 31.1. The second-order valence-electron chi connectivity index (χ2n) is 29.5. The molecular weight excluding hydrogens is 1040 g/mol. The molecule has 0 saturated carbocycles. The molecule has 1 aromatic heterocycles. The first-order chi connectivity index (χ1) is 40.8. The quantitative estimate of drug-likeness (QED) is 0.138. The Morgan fingerprint density at radius 1 is 0.267 bits per heavy atom. The van der Waals surface area contributed by atoms with E-state index in [0.29, 0.717) is 0 Å². The molecule has 0 fully saturated rings. The molecule has 2 nitrogen and oxygen atoms in total. The van der Waals surface area contributed by atoms with E-state index in [2.05, 4.69) is 338 Å². The van der Waals surface area contributed by atoms with Crippen molar-refractivity contribution in [3.8, 4) is 50.2 Å². The molecule has 1 heterocycles. The van der Waals surface area contributed by atoms with E-state index >= 15 is 0 Å². The summed E-state index contributed by atoms with van der Waals surface area (Å²) in [4.78, 5) is 2.58. The van der Waals surface area contributed by atoms with Gasteiger partial charge in [0.1, 0.15) is 0 Å². The van der Waals surface area contributed by atoms with Gasteiger partial charge in [0.25, 0.3) is 0 Å². The molecule has 0 aliphatic heterocycles. The number of aromatic nitrogens is 1. The van der Waals surface area contributed by atoms with E-state index in [0.717, 1.165) is 22.6 Å². The Kier molecular flexibility index (Phi) is 13.4. The number of rotatable bonds is 8. The highest BCUT2D eigenvalue weighted by atomic mass is 15.1. The Labute approximate surface area is 511 Å². The second kappa shape index (κ2) is 20.5. The third-order valence-corrected chi connectivity index (χ3v) is 18.3. The van der Waals surface area contributed by atoms with Crippen LogP contribution in [0.2, 0.25) is 0 Å². The summed E-state index contributed by atoms with van der Waals surface area (Å²) in [5.41, 5.74) is 23.2. The first kappa shape index (κ1) is 56.4. The molecule has 12 aromatic carbocycles. The Morgan fingerprint density at radius 2 is 0.744 bits per heavy atom. The van der Waals surface area contributed by atoms with Crippen molar-refractivity contribution in [2.24, 2.45) is 0 Å². The Morgan fingerprint density at radius 3 is 1.33 bits per heavy atom.